The van der Waals surface area contributed by atoms with E-state index in [-0.39, 0.29) is 22.1 Å². The fourth-order valence-electron chi connectivity index (χ4n) is 1.36. The summed E-state index contributed by atoms with van der Waals surface area (Å²) in [5.74, 6) is -0.927. The number of carbonyl (C=O) groups is 1. The number of halogens is 3. The van der Waals surface area contributed by atoms with E-state index in [4.69, 9.17) is 17.3 Å². The second-order valence-electron chi connectivity index (χ2n) is 3.67. The zero-order valence-electron chi connectivity index (χ0n) is 9.45. The summed E-state index contributed by atoms with van der Waals surface area (Å²) in [5, 5.41) is 2.60. The van der Waals surface area contributed by atoms with Gasteiger partial charge in [0.25, 0.3) is 5.91 Å². The number of nitrogens with zero attached hydrogens (tertiary/aromatic N) is 1. The lowest BCUT2D eigenvalue weighted by Crippen LogP contribution is -2.13. The van der Waals surface area contributed by atoms with Crippen LogP contribution in [0.3, 0.4) is 0 Å². The molecule has 7 heteroatoms. The Kier molecular flexibility index (Phi) is 4.01. The van der Waals surface area contributed by atoms with Crippen LogP contribution < -0.4 is 11.1 Å². The molecule has 0 radical (unpaired) electrons. The van der Waals surface area contributed by atoms with Gasteiger partial charge in [0.15, 0.2) is 0 Å². The van der Waals surface area contributed by atoms with Crippen LogP contribution in [0.2, 0.25) is 5.02 Å². The molecule has 0 spiro atoms. The van der Waals surface area contributed by atoms with Crippen molar-refractivity contribution in [1.82, 2.24) is 4.98 Å². The van der Waals surface area contributed by atoms with Gasteiger partial charge in [-0.15, -0.1) is 0 Å². The van der Waals surface area contributed by atoms with Crippen LogP contribution >= 0.6 is 27.5 Å². The molecular weight excluding hydrogens is 337 g/mol. The van der Waals surface area contributed by atoms with Gasteiger partial charge in [-0.2, -0.15) is 0 Å². The second kappa shape index (κ2) is 5.54. The molecule has 19 heavy (non-hydrogen) atoms. The van der Waals surface area contributed by atoms with Gasteiger partial charge in [0, 0.05) is 10.7 Å². The van der Waals surface area contributed by atoms with Crippen molar-refractivity contribution in [2.24, 2.45) is 0 Å². The van der Waals surface area contributed by atoms with Gasteiger partial charge in [0.05, 0.1) is 16.3 Å². The SMILES string of the molecule is Nc1ncc(C(=O)Nc2cc(Br)ccc2F)cc1Cl. The number of amides is 1. The monoisotopic (exact) mass is 343 g/mol. The van der Waals surface area contributed by atoms with Crippen molar-refractivity contribution in [2.75, 3.05) is 11.1 Å². The van der Waals surface area contributed by atoms with Gasteiger partial charge in [-0.25, -0.2) is 9.37 Å². The quantitative estimate of drug-likeness (QED) is 0.876. The topological polar surface area (TPSA) is 68.0 Å². The van der Waals surface area contributed by atoms with Crippen molar-refractivity contribution in [3.8, 4) is 0 Å². The first-order chi connectivity index (χ1) is 8.97. The predicted octanol–water partition coefficient (Wildman–Crippen LogP) is 3.47. The lowest BCUT2D eigenvalue weighted by atomic mass is 10.2. The summed E-state index contributed by atoms with van der Waals surface area (Å²) in [6, 6.07) is 5.61. The van der Waals surface area contributed by atoms with Gasteiger partial charge < -0.3 is 11.1 Å². The Morgan fingerprint density at radius 3 is 2.84 bits per heavy atom. The zero-order valence-corrected chi connectivity index (χ0v) is 11.8. The van der Waals surface area contributed by atoms with E-state index in [0.29, 0.717) is 4.47 Å². The molecule has 1 aromatic heterocycles. The van der Waals surface area contributed by atoms with Gasteiger partial charge in [0.1, 0.15) is 11.6 Å². The summed E-state index contributed by atoms with van der Waals surface area (Å²) >= 11 is 8.96. The molecule has 0 aliphatic heterocycles. The first kappa shape index (κ1) is 13.8. The largest absolute Gasteiger partial charge is 0.382 e. The Labute approximate surface area is 121 Å². The maximum absolute atomic E-state index is 13.5. The third-order valence-electron chi connectivity index (χ3n) is 2.31. The van der Waals surface area contributed by atoms with E-state index in [2.05, 4.69) is 26.2 Å². The average molecular weight is 345 g/mol. The third kappa shape index (κ3) is 3.21. The number of nitrogen functional groups attached to an aromatic ring is 1. The molecule has 1 amide bonds. The molecule has 0 fully saturated rings. The Bertz CT molecular complexity index is 651. The molecule has 0 unspecified atom stereocenters. The number of hydrogen-bond donors (Lipinski definition) is 2. The molecule has 1 aromatic carbocycles. The van der Waals surface area contributed by atoms with Crippen LogP contribution in [0.15, 0.2) is 34.9 Å². The van der Waals surface area contributed by atoms with E-state index in [1.807, 2.05) is 0 Å². The number of benzene rings is 1. The molecular formula is C12H8BrClFN3O. The summed E-state index contributed by atoms with van der Waals surface area (Å²) in [6.45, 7) is 0. The average Bonchev–Trinajstić information content (AvgIpc) is 2.37. The van der Waals surface area contributed by atoms with Gasteiger partial charge in [0.2, 0.25) is 0 Å². The smallest absolute Gasteiger partial charge is 0.257 e. The van der Waals surface area contributed by atoms with Crippen LogP contribution in [0.5, 0.6) is 0 Å². The number of hydrogen-bond acceptors (Lipinski definition) is 3. The molecule has 0 aliphatic carbocycles. The fraction of sp³-hybridized carbons (Fsp3) is 0. The predicted molar refractivity (Wildman–Crippen MR) is 75.7 cm³/mol. The van der Waals surface area contributed by atoms with E-state index in [1.54, 1.807) is 0 Å². The van der Waals surface area contributed by atoms with Crippen LogP contribution in [0.4, 0.5) is 15.9 Å². The van der Waals surface area contributed by atoms with Crippen LogP contribution in [0, 0.1) is 5.82 Å². The minimum Gasteiger partial charge on any atom is -0.382 e. The molecule has 0 aliphatic rings. The maximum Gasteiger partial charge on any atom is 0.257 e. The summed E-state index contributed by atoms with van der Waals surface area (Å²) in [6.07, 6.45) is 1.27. The third-order valence-corrected chi connectivity index (χ3v) is 3.10. The van der Waals surface area contributed by atoms with Crippen molar-refractivity contribution in [1.29, 1.82) is 0 Å². The van der Waals surface area contributed by atoms with Crippen molar-refractivity contribution in [3.63, 3.8) is 0 Å². The number of carbonyl (C=O) groups excluding carboxylic acids is 1. The Morgan fingerprint density at radius 2 is 2.16 bits per heavy atom. The van der Waals surface area contributed by atoms with Crippen LogP contribution in [-0.2, 0) is 0 Å². The van der Waals surface area contributed by atoms with Crippen molar-refractivity contribution in [2.45, 2.75) is 0 Å². The molecule has 0 saturated carbocycles. The van der Waals surface area contributed by atoms with Crippen molar-refractivity contribution < 1.29 is 9.18 Å². The molecule has 2 rings (SSSR count). The van der Waals surface area contributed by atoms with Gasteiger partial charge in [-0.05, 0) is 24.3 Å². The molecule has 1 heterocycles. The molecule has 2 aromatic rings. The summed E-state index contributed by atoms with van der Waals surface area (Å²) < 4.78 is 14.1. The minimum atomic E-state index is -0.536. The summed E-state index contributed by atoms with van der Waals surface area (Å²) in [5.41, 5.74) is 5.70. The number of anilines is 2. The standard InChI is InChI=1S/C12H8BrClFN3O/c13-7-1-2-9(15)10(4-7)18-12(19)6-3-8(14)11(16)17-5-6/h1-5H,(H2,16,17)(H,18,19). The highest BCUT2D eigenvalue weighted by atomic mass is 79.9. The Balaban J connectivity index is 2.25. The van der Waals surface area contributed by atoms with Crippen LogP contribution in [0.25, 0.3) is 0 Å². The van der Waals surface area contributed by atoms with Gasteiger partial charge in [-0.3, -0.25) is 4.79 Å². The van der Waals surface area contributed by atoms with E-state index >= 15 is 0 Å². The number of aromatic nitrogens is 1. The maximum atomic E-state index is 13.5. The van der Waals surface area contributed by atoms with Crippen LogP contribution in [-0.4, -0.2) is 10.9 Å². The normalized spacial score (nSPS) is 10.3. The highest BCUT2D eigenvalue weighted by molar-refractivity contribution is 9.10. The number of pyridine rings is 1. The minimum absolute atomic E-state index is 0.0623. The number of nitrogens with two attached hydrogens (primary N) is 1. The molecule has 0 saturated heterocycles. The first-order valence-corrected chi connectivity index (χ1v) is 6.32. The summed E-state index contributed by atoms with van der Waals surface area (Å²) in [4.78, 5) is 15.7. The lowest BCUT2D eigenvalue weighted by molar-refractivity contribution is 0.102. The van der Waals surface area contributed by atoms with E-state index in [1.165, 1.54) is 30.5 Å². The van der Waals surface area contributed by atoms with E-state index in [0.717, 1.165) is 0 Å². The van der Waals surface area contributed by atoms with Crippen molar-refractivity contribution in [3.05, 3.63) is 51.3 Å². The first-order valence-electron chi connectivity index (χ1n) is 5.15. The number of rotatable bonds is 2. The fourth-order valence-corrected chi connectivity index (χ4v) is 1.89. The highest BCUT2D eigenvalue weighted by Crippen LogP contribution is 2.22. The highest BCUT2D eigenvalue weighted by Gasteiger charge is 2.11. The van der Waals surface area contributed by atoms with E-state index in [9.17, 15) is 9.18 Å². The molecule has 4 nitrogen and oxygen atoms in total. The molecule has 0 bridgehead atoms. The summed E-state index contributed by atoms with van der Waals surface area (Å²) in [7, 11) is 0. The Hall–Kier alpha value is -1.66. The van der Waals surface area contributed by atoms with Crippen LogP contribution in [0.1, 0.15) is 10.4 Å². The lowest BCUT2D eigenvalue weighted by Gasteiger charge is -2.07. The van der Waals surface area contributed by atoms with Gasteiger partial charge in [-0.1, -0.05) is 27.5 Å². The van der Waals surface area contributed by atoms with Crippen molar-refractivity contribution >= 4 is 44.9 Å². The molecule has 3 N–H and O–H groups in total. The number of nitrogens with one attached hydrogen (secondary N) is 1. The Morgan fingerprint density at radius 1 is 1.42 bits per heavy atom. The molecule has 0 atom stereocenters. The molecule has 98 valence electrons. The second-order valence-corrected chi connectivity index (χ2v) is 4.99. The zero-order chi connectivity index (χ0) is 14.0. The van der Waals surface area contributed by atoms with Gasteiger partial charge >= 0.3 is 0 Å². The van der Waals surface area contributed by atoms with E-state index < -0.39 is 11.7 Å².